The third-order valence-electron chi connectivity index (χ3n) is 3.35. The summed E-state index contributed by atoms with van der Waals surface area (Å²) in [4.78, 5) is 0. The monoisotopic (exact) mass is 262 g/mol. The molecule has 1 aliphatic carbocycles. The SMILES string of the molecule is Cc1cc(OCCC(C)(C#N)NC2CC2)ccc1F. The highest BCUT2D eigenvalue weighted by molar-refractivity contribution is 5.28. The largest absolute Gasteiger partial charge is 0.493 e. The maximum atomic E-state index is 13.1. The number of benzene rings is 1. The molecule has 1 fully saturated rings. The fourth-order valence-corrected chi connectivity index (χ4v) is 1.92. The van der Waals surface area contributed by atoms with Crippen LogP contribution in [0.25, 0.3) is 0 Å². The normalized spacial score (nSPS) is 17.6. The van der Waals surface area contributed by atoms with Gasteiger partial charge < -0.3 is 4.74 Å². The van der Waals surface area contributed by atoms with Gasteiger partial charge in [0, 0.05) is 12.5 Å². The molecule has 0 radical (unpaired) electrons. The van der Waals surface area contributed by atoms with Crippen molar-refractivity contribution < 1.29 is 9.13 Å². The summed E-state index contributed by atoms with van der Waals surface area (Å²) in [5.74, 6) is 0.412. The Kier molecular flexibility index (Phi) is 4.06. The van der Waals surface area contributed by atoms with E-state index in [9.17, 15) is 9.65 Å². The average Bonchev–Trinajstić information content (AvgIpc) is 3.17. The first kappa shape index (κ1) is 13.8. The third-order valence-corrected chi connectivity index (χ3v) is 3.35. The van der Waals surface area contributed by atoms with Crippen LogP contribution in [0.15, 0.2) is 18.2 Å². The van der Waals surface area contributed by atoms with Crippen molar-refractivity contribution in [3.63, 3.8) is 0 Å². The van der Waals surface area contributed by atoms with Crippen LogP contribution in [-0.4, -0.2) is 18.2 Å². The first-order chi connectivity index (χ1) is 9.02. The molecule has 1 aromatic carbocycles. The minimum absolute atomic E-state index is 0.232. The van der Waals surface area contributed by atoms with Crippen LogP contribution >= 0.6 is 0 Å². The maximum absolute atomic E-state index is 13.1. The maximum Gasteiger partial charge on any atom is 0.126 e. The van der Waals surface area contributed by atoms with E-state index in [0.717, 1.165) is 12.8 Å². The smallest absolute Gasteiger partial charge is 0.126 e. The molecule has 102 valence electrons. The number of hydrogen-bond donors (Lipinski definition) is 1. The summed E-state index contributed by atoms with van der Waals surface area (Å²) < 4.78 is 18.7. The lowest BCUT2D eigenvalue weighted by Gasteiger charge is -2.23. The van der Waals surface area contributed by atoms with Crippen molar-refractivity contribution in [2.45, 2.75) is 44.7 Å². The van der Waals surface area contributed by atoms with Crippen molar-refractivity contribution in [1.82, 2.24) is 5.32 Å². The number of hydrogen-bond acceptors (Lipinski definition) is 3. The molecule has 0 amide bonds. The molecular weight excluding hydrogens is 243 g/mol. The van der Waals surface area contributed by atoms with E-state index in [2.05, 4.69) is 11.4 Å². The third kappa shape index (κ3) is 3.93. The van der Waals surface area contributed by atoms with E-state index < -0.39 is 5.54 Å². The Bertz CT molecular complexity index is 493. The van der Waals surface area contributed by atoms with Crippen LogP contribution in [0.4, 0.5) is 4.39 Å². The summed E-state index contributed by atoms with van der Waals surface area (Å²) in [5.41, 5.74) is 0.0209. The average molecular weight is 262 g/mol. The van der Waals surface area contributed by atoms with Gasteiger partial charge in [-0.3, -0.25) is 5.32 Å². The van der Waals surface area contributed by atoms with E-state index in [0.29, 0.717) is 30.4 Å². The van der Waals surface area contributed by atoms with Crippen LogP contribution in [-0.2, 0) is 0 Å². The molecule has 1 N–H and O–H groups in total. The van der Waals surface area contributed by atoms with Gasteiger partial charge >= 0.3 is 0 Å². The standard InChI is InChI=1S/C15H19FN2O/c1-11-9-13(5-6-14(11)16)19-8-7-15(2,10-17)18-12-3-4-12/h5-6,9,12,18H,3-4,7-8H2,1-2H3. The second-order valence-corrected chi connectivity index (χ2v) is 5.37. The number of nitrogens with zero attached hydrogens (tertiary/aromatic N) is 1. The van der Waals surface area contributed by atoms with E-state index in [1.54, 1.807) is 19.1 Å². The van der Waals surface area contributed by atoms with E-state index in [-0.39, 0.29) is 5.82 Å². The zero-order chi connectivity index (χ0) is 13.9. The van der Waals surface area contributed by atoms with Crippen LogP contribution in [0.1, 0.15) is 31.7 Å². The zero-order valence-corrected chi connectivity index (χ0v) is 11.4. The predicted octanol–water partition coefficient (Wildman–Crippen LogP) is 2.94. The van der Waals surface area contributed by atoms with Gasteiger partial charge in [0.05, 0.1) is 12.7 Å². The van der Waals surface area contributed by atoms with Gasteiger partial charge in [-0.15, -0.1) is 0 Å². The molecule has 0 spiro atoms. The van der Waals surface area contributed by atoms with Gasteiger partial charge in [0.25, 0.3) is 0 Å². The Morgan fingerprint density at radius 1 is 1.53 bits per heavy atom. The Balaban J connectivity index is 1.84. The zero-order valence-electron chi connectivity index (χ0n) is 11.4. The van der Waals surface area contributed by atoms with Gasteiger partial charge in [-0.25, -0.2) is 4.39 Å². The number of aryl methyl sites for hydroxylation is 1. The van der Waals surface area contributed by atoms with Gasteiger partial charge in [0.15, 0.2) is 0 Å². The molecule has 1 atom stereocenters. The fourth-order valence-electron chi connectivity index (χ4n) is 1.92. The number of nitriles is 1. The molecule has 19 heavy (non-hydrogen) atoms. The van der Waals surface area contributed by atoms with Crippen molar-refractivity contribution in [2.24, 2.45) is 0 Å². The number of halogens is 1. The molecule has 0 bridgehead atoms. The minimum atomic E-state index is -0.545. The van der Waals surface area contributed by atoms with Crippen LogP contribution in [0, 0.1) is 24.1 Å². The quantitative estimate of drug-likeness (QED) is 0.857. The molecule has 1 saturated carbocycles. The highest BCUT2D eigenvalue weighted by Crippen LogP contribution is 2.24. The fraction of sp³-hybridized carbons (Fsp3) is 0.533. The summed E-state index contributed by atoms with van der Waals surface area (Å²) >= 11 is 0. The van der Waals surface area contributed by atoms with Gasteiger partial charge in [-0.05, 0) is 50.5 Å². The van der Waals surface area contributed by atoms with Crippen LogP contribution in [0.5, 0.6) is 5.75 Å². The summed E-state index contributed by atoms with van der Waals surface area (Å²) in [5, 5.41) is 12.5. The predicted molar refractivity (Wildman–Crippen MR) is 71.4 cm³/mol. The molecular formula is C15H19FN2O. The molecule has 4 heteroatoms. The molecule has 0 saturated heterocycles. The van der Waals surface area contributed by atoms with Gasteiger partial charge in [-0.2, -0.15) is 5.26 Å². The lowest BCUT2D eigenvalue weighted by Crippen LogP contribution is -2.43. The Hall–Kier alpha value is -1.60. The van der Waals surface area contributed by atoms with Gasteiger partial charge in [0.1, 0.15) is 17.1 Å². The van der Waals surface area contributed by atoms with Crippen molar-refractivity contribution in [3.05, 3.63) is 29.6 Å². The molecule has 0 heterocycles. The van der Waals surface area contributed by atoms with E-state index in [4.69, 9.17) is 4.74 Å². The van der Waals surface area contributed by atoms with E-state index >= 15 is 0 Å². The van der Waals surface area contributed by atoms with Crippen LogP contribution in [0.3, 0.4) is 0 Å². The second-order valence-electron chi connectivity index (χ2n) is 5.37. The first-order valence-corrected chi connectivity index (χ1v) is 6.60. The van der Waals surface area contributed by atoms with Gasteiger partial charge in [-0.1, -0.05) is 0 Å². The lowest BCUT2D eigenvalue weighted by molar-refractivity contribution is 0.265. The van der Waals surface area contributed by atoms with Crippen molar-refractivity contribution in [1.29, 1.82) is 5.26 Å². The Morgan fingerprint density at radius 3 is 2.84 bits per heavy atom. The molecule has 1 unspecified atom stereocenters. The minimum Gasteiger partial charge on any atom is -0.493 e. The number of ether oxygens (including phenoxy) is 1. The highest BCUT2D eigenvalue weighted by atomic mass is 19.1. The van der Waals surface area contributed by atoms with Crippen LogP contribution in [0.2, 0.25) is 0 Å². The van der Waals surface area contributed by atoms with Crippen molar-refractivity contribution in [3.8, 4) is 11.8 Å². The summed E-state index contributed by atoms with van der Waals surface area (Å²) in [6, 6.07) is 7.47. The van der Waals surface area contributed by atoms with E-state index in [1.165, 1.54) is 6.07 Å². The summed E-state index contributed by atoms with van der Waals surface area (Å²) in [6.07, 6.45) is 2.90. The molecule has 0 aromatic heterocycles. The summed E-state index contributed by atoms with van der Waals surface area (Å²) in [7, 11) is 0. The van der Waals surface area contributed by atoms with Crippen molar-refractivity contribution in [2.75, 3.05) is 6.61 Å². The molecule has 2 rings (SSSR count). The summed E-state index contributed by atoms with van der Waals surface area (Å²) in [6.45, 7) is 4.04. The molecule has 1 aliphatic rings. The number of rotatable bonds is 6. The Labute approximate surface area is 113 Å². The van der Waals surface area contributed by atoms with Gasteiger partial charge in [0.2, 0.25) is 0 Å². The first-order valence-electron chi connectivity index (χ1n) is 6.60. The highest BCUT2D eigenvalue weighted by Gasteiger charge is 2.32. The van der Waals surface area contributed by atoms with E-state index in [1.807, 2.05) is 6.92 Å². The lowest BCUT2D eigenvalue weighted by atomic mass is 10.0. The van der Waals surface area contributed by atoms with Crippen molar-refractivity contribution >= 4 is 0 Å². The molecule has 0 aliphatic heterocycles. The molecule has 1 aromatic rings. The Morgan fingerprint density at radius 2 is 2.26 bits per heavy atom. The van der Waals surface area contributed by atoms with Crippen LogP contribution < -0.4 is 10.1 Å². The topological polar surface area (TPSA) is 45.0 Å². The number of nitrogens with one attached hydrogen (secondary N) is 1. The second kappa shape index (κ2) is 5.58. The molecule has 3 nitrogen and oxygen atoms in total.